The van der Waals surface area contributed by atoms with Crippen LogP contribution in [0.1, 0.15) is 17.3 Å². The van der Waals surface area contributed by atoms with Crippen LogP contribution < -0.4 is 0 Å². The van der Waals surface area contributed by atoms with Crippen molar-refractivity contribution in [3.63, 3.8) is 0 Å². The average Bonchev–Trinajstić information content (AvgIpc) is 2.95. The first-order valence-electron chi connectivity index (χ1n) is 7.79. The number of nitrogens with one attached hydrogen (secondary N) is 1. The first kappa shape index (κ1) is 16.9. The van der Waals surface area contributed by atoms with Gasteiger partial charge in [0.05, 0.1) is 17.6 Å². The highest BCUT2D eigenvalue weighted by atomic mass is 32.1. The number of aromatic amines is 1. The smallest absolute Gasteiger partial charge is 0.343 e. The van der Waals surface area contributed by atoms with Crippen LogP contribution in [-0.2, 0) is 9.53 Å². The van der Waals surface area contributed by atoms with Crippen LogP contribution in [0.15, 0.2) is 60.2 Å². The molecule has 0 saturated carbocycles. The molecule has 0 aliphatic heterocycles. The van der Waals surface area contributed by atoms with Crippen molar-refractivity contribution in [2.45, 2.75) is 6.92 Å². The Morgan fingerprint density at radius 2 is 1.80 bits per heavy atom. The van der Waals surface area contributed by atoms with E-state index in [4.69, 9.17) is 17.0 Å². The number of para-hydroxylation sites is 2. The number of fused-ring (bicyclic) bond motifs is 1. The number of ether oxygens (including phenoxy) is 1. The highest BCUT2D eigenvalue weighted by Gasteiger charge is 2.22. The summed E-state index contributed by atoms with van der Waals surface area (Å²) in [5.74, 6) is -1.09. The number of hydrogen-bond donors (Lipinski definition) is 1. The normalized spacial score (nSPS) is 11.5. The first-order valence-corrected chi connectivity index (χ1v) is 8.20. The number of hydrogen-bond acceptors (Lipinski definition) is 4. The fraction of sp³-hybridized carbons (Fsp3) is 0.105. The van der Waals surface area contributed by atoms with E-state index in [0.29, 0.717) is 10.3 Å². The summed E-state index contributed by atoms with van der Waals surface area (Å²) in [7, 11) is 0. The predicted molar refractivity (Wildman–Crippen MR) is 98.8 cm³/mol. The number of esters is 1. The minimum Gasteiger partial charge on any atom is -0.462 e. The van der Waals surface area contributed by atoms with Gasteiger partial charge in [-0.3, -0.25) is 9.36 Å². The predicted octanol–water partition coefficient (Wildman–Crippen LogP) is 3.99. The van der Waals surface area contributed by atoms with Crippen molar-refractivity contribution in [2.75, 3.05) is 6.61 Å². The van der Waals surface area contributed by atoms with Gasteiger partial charge in [0.25, 0.3) is 0 Å². The SMILES string of the molecule is CCOC(=O)/C(=C\n1c(=S)[nH]c2ccccc21)C(=O)c1ccccc1. The molecule has 126 valence electrons. The second kappa shape index (κ2) is 7.27. The lowest BCUT2D eigenvalue weighted by Crippen LogP contribution is -2.17. The Kier molecular flexibility index (Phi) is 4.90. The van der Waals surface area contributed by atoms with Crippen LogP contribution >= 0.6 is 12.2 Å². The molecule has 1 heterocycles. The molecule has 3 aromatic rings. The Hall–Kier alpha value is -2.99. The van der Waals surface area contributed by atoms with E-state index in [9.17, 15) is 9.59 Å². The molecule has 0 fully saturated rings. The molecule has 0 amide bonds. The van der Waals surface area contributed by atoms with Gasteiger partial charge in [-0.2, -0.15) is 0 Å². The number of carbonyl (C=O) groups is 2. The van der Waals surface area contributed by atoms with Crippen molar-refractivity contribution in [1.29, 1.82) is 0 Å². The third-order valence-corrected chi connectivity index (χ3v) is 3.96. The second-order valence-electron chi connectivity index (χ2n) is 5.28. The molecule has 0 aliphatic carbocycles. The summed E-state index contributed by atoms with van der Waals surface area (Å²) in [5, 5.41) is 0. The molecule has 0 saturated heterocycles. The van der Waals surface area contributed by atoms with E-state index < -0.39 is 11.8 Å². The maximum absolute atomic E-state index is 12.8. The lowest BCUT2D eigenvalue weighted by Gasteiger charge is -2.07. The molecule has 0 spiro atoms. The summed E-state index contributed by atoms with van der Waals surface area (Å²) in [4.78, 5) is 28.2. The second-order valence-corrected chi connectivity index (χ2v) is 5.66. The van der Waals surface area contributed by atoms with Crippen LogP contribution in [0.25, 0.3) is 17.2 Å². The largest absolute Gasteiger partial charge is 0.462 e. The van der Waals surface area contributed by atoms with Crippen LogP contribution in [-0.4, -0.2) is 27.9 Å². The molecule has 0 unspecified atom stereocenters. The van der Waals surface area contributed by atoms with Crippen LogP contribution in [0.5, 0.6) is 0 Å². The van der Waals surface area contributed by atoms with E-state index >= 15 is 0 Å². The Bertz CT molecular complexity index is 1020. The topological polar surface area (TPSA) is 64.1 Å². The number of carbonyl (C=O) groups excluding carboxylic acids is 2. The number of aromatic nitrogens is 2. The maximum Gasteiger partial charge on any atom is 0.343 e. The first-order chi connectivity index (χ1) is 12.1. The lowest BCUT2D eigenvalue weighted by atomic mass is 10.0. The van der Waals surface area contributed by atoms with Gasteiger partial charge < -0.3 is 9.72 Å². The van der Waals surface area contributed by atoms with Crippen molar-refractivity contribution >= 4 is 41.2 Å². The van der Waals surface area contributed by atoms with Crippen molar-refractivity contribution in [3.8, 4) is 0 Å². The van der Waals surface area contributed by atoms with Gasteiger partial charge in [0.2, 0.25) is 5.78 Å². The minimum absolute atomic E-state index is 0.0751. The van der Waals surface area contributed by atoms with E-state index in [2.05, 4.69) is 4.98 Å². The molecule has 1 aromatic heterocycles. The molecule has 0 radical (unpaired) electrons. The van der Waals surface area contributed by atoms with E-state index in [-0.39, 0.29) is 12.2 Å². The lowest BCUT2D eigenvalue weighted by molar-refractivity contribution is -0.137. The molecular weight excluding hydrogens is 336 g/mol. The summed E-state index contributed by atoms with van der Waals surface area (Å²) in [6.45, 7) is 1.87. The van der Waals surface area contributed by atoms with E-state index in [1.165, 1.54) is 6.20 Å². The zero-order valence-electron chi connectivity index (χ0n) is 13.6. The summed E-state index contributed by atoms with van der Waals surface area (Å²) in [6, 6.07) is 16.1. The fourth-order valence-electron chi connectivity index (χ4n) is 2.49. The van der Waals surface area contributed by atoms with Crippen molar-refractivity contribution in [2.24, 2.45) is 0 Å². The summed E-state index contributed by atoms with van der Waals surface area (Å²) < 4.78 is 7.06. The highest BCUT2D eigenvalue weighted by Crippen LogP contribution is 2.17. The van der Waals surface area contributed by atoms with Crippen LogP contribution in [0.2, 0.25) is 0 Å². The number of Topliss-reactive ketones (excluding diaryl/α,β-unsaturated/α-hetero) is 1. The van der Waals surface area contributed by atoms with Crippen molar-refractivity contribution in [1.82, 2.24) is 9.55 Å². The molecule has 3 rings (SSSR count). The Labute approximate surface area is 149 Å². The van der Waals surface area contributed by atoms with Gasteiger partial charge in [-0.15, -0.1) is 0 Å². The van der Waals surface area contributed by atoms with Crippen molar-refractivity contribution in [3.05, 3.63) is 70.5 Å². The Balaban J connectivity index is 2.15. The molecule has 25 heavy (non-hydrogen) atoms. The number of imidazole rings is 1. The Morgan fingerprint density at radius 3 is 2.52 bits per heavy atom. The number of rotatable bonds is 5. The monoisotopic (exact) mass is 352 g/mol. The van der Waals surface area contributed by atoms with Crippen LogP contribution in [0.4, 0.5) is 0 Å². The van der Waals surface area contributed by atoms with E-state index in [1.54, 1.807) is 41.8 Å². The molecule has 6 heteroatoms. The third-order valence-electron chi connectivity index (χ3n) is 3.66. The van der Waals surface area contributed by atoms with Gasteiger partial charge >= 0.3 is 5.97 Å². The van der Waals surface area contributed by atoms with Crippen molar-refractivity contribution < 1.29 is 14.3 Å². The average molecular weight is 352 g/mol. The molecule has 0 aliphatic rings. The van der Waals surface area contributed by atoms with Crippen LogP contribution in [0, 0.1) is 4.77 Å². The Morgan fingerprint density at radius 1 is 1.12 bits per heavy atom. The molecule has 1 N–H and O–H groups in total. The molecule has 0 bridgehead atoms. The number of H-pyrrole nitrogens is 1. The third kappa shape index (κ3) is 3.44. The zero-order chi connectivity index (χ0) is 17.8. The van der Waals surface area contributed by atoms with E-state index in [1.807, 2.05) is 24.3 Å². The number of benzene rings is 2. The molecule has 0 atom stereocenters. The quantitative estimate of drug-likeness (QED) is 0.188. The minimum atomic E-state index is -0.677. The highest BCUT2D eigenvalue weighted by molar-refractivity contribution is 7.71. The summed E-state index contributed by atoms with van der Waals surface area (Å²) >= 11 is 5.33. The molecule has 5 nitrogen and oxygen atoms in total. The number of nitrogens with zero attached hydrogens (tertiary/aromatic N) is 1. The summed E-state index contributed by atoms with van der Waals surface area (Å²) in [5.41, 5.74) is 1.93. The van der Waals surface area contributed by atoms with Crippen LogP contribution in [0.3, 0.4) is 0 Å². The standard InChI is InChI=1S/C19H16N2O3S/c1-2-24-18(23)14(17(22)13-8-4-3-5-9-13)12-21-16-11-7-6-10-15(16)20-19(21)25/h3-12H,2H2,1H3,(H,20,25)/b14-12-. The number of ketones is 1. The van der Waals surface area contributed by atoms with Gasteiger partial charge in [0.15, 0.2) is 4.77 Å². The van der Waals surface area contributed by atoms with Gasteiger partial charge in [-0.25, -0.2) is 4.79 Å². The zero-order valence-corrected chi connectivity index (χ0v) is 14.4. The fourth-order valence-corrected chi connectivity index (χ4v) is 2.75. The van der Waals surface area contributed by atoms with Gasteiger partial charge in [0.1, 0.15) is 5.57 Å². The van der Waals surface area contributed by atoms with Gasteiger partial charge in [-0.05, 0) is 31.3 Å². The summed E-state index contributed by atoms with van der Waals surface area (Å²) in [6.07, 6.45) is 1.44. The van der Waals surface area contributed by atoms with E-state index in [0.717, 1.165) is 11.0 Å². The van der Waals surface area contributed by atoms with Gasteiger partial charge in [0, 0.05) is 11.8 Å². The molecule has 2 aromatic carbocycles. The van der Waals surface area contributed by atoms with Gasteiger partial charge in [-0.1, -0.05) is 42.5 Å². The maximum atomic E-state index is 12.8. The molecular formula is C19H16N2O3S.